The summed E-state index contributed by atoms with van der Waals surface area (Å²) in [5.41, 5.74) is 1.16. The normalized spacial score (nSPS) is 13.6. The van der Waals surface area contributed by atoms with Crippen LogP contribution in [0.4, 0.5) is 0 Å². The molecular formula is C79H136I2N2O19P2. The van der Waals surface area contributed by atoms with E-state index in [4.69, 9.17) is 46.5 Å². The quantitative estimate of drug-likeness (QED) is 0.0113. The largest absolute Gasteiger partial charge is 0.756 e. The van der Waals surface area contributed by atoms with Crippen LogP contribution in [-0.4, -0.2) is 159 Å². The second kappa shape index (κ2) is 60.0. The first-order valence-electron chi connectivity index (χ1n) is 39.6. The summed E-state index contributed by atoms with van der Waals surface area (Å²) in [6.07, 6.45) is 39.0. The van der Waals surface area contributed by atoms with Gasteiger partial charge in [0.1, 0.15) is 51.0 Å². The van der Waals surface area contributed by atoms with Crippen LogP contribution in [0.25, 0.3) is 0 Å². The van der Waals surface area contributed by atoms with Crippen molar-refractivity contribution in [2.45, 2.75) is 296 Å². The number of phosphoric ester groups is 2. The molecule has 600 valence electrons. The Bertz CT molecular complexity index is 2540. The number of ether oxygens (including phenoxy) is 6. The fourth-order valence-corrected chi connectivity index (χ4v) is 14.1. The molecular weight excluding hydrogens is 1600 g/mol. The topological polar surface area (TPSA) is 258 Å². The Balaban J connectivity index is 1.63. The van der Waals surface area contributed by atoms with Crippen LogP contribution in [0.3, 0.4) is 0 Å². The predicted molar refractivity (Wildman–Crippen MR) is 425 cm³/mol. The number of esters is 4. The number of benzene rings is 2. The van der Waals surface area contributed by atoms with Crippen LogP contribution in [0.2, 0.25) is 0 Å². The molecule has 0 saturated heterocycles. The van der Waals surface area contributed by atoms with Gasteiger partial charge in [-0.1, -0.05) is 219 Å². The van der Waals surface area contributed by atoms with E-state index >= 15 is 0 Å². The van der Waals surface area contributed by atoms with E-state index < -0.39 is 64.9 Å². The fraction of sp³-hybridized carbons (Fsp3) is 0.785. The zero-order valence-corrected chi connectivity index (χ0v) is 71.3. The van der Waals surface area contributed by atoms with Crippen molar-refractivity contribution in [2.24, 2.45) is 0 Å². The molecule has 0 aliphatic heterocycles. The maximum absolute atomic E-state index is 13.6. The highest BCUT2D eigenvalue weighted by Crippen LogP contribution is 2.40. The molecule has 2 rings (SSSR count). The summed E-state index contributed by atoms with van der Waals surface area (Å²) in [5.74, 6) is -0.446. The number of halogens is 2. The highest BCUT2D eigenvalue weighted by molar-refractivity contribution is 14.1. The van der Waals surface area contributed by atoms with Gasteiger partial charge < -0.3 is 65.3 Å². The van der Waals surface area contributed by atoms with Crippen molar-refractivity contribution in [1.29, 1.82) is 0 Å². The molecule has 2 unspecified atom stereocenters. The minimum Gasteiger partial charge on any atom is -0.756 e. The number of nitrogens with zero attached hydrogens (tertiary/aromatic N) is 2. The van der Waals surface area contributed by atoms with Crippen molar-refractivity contribution in [3.05, 3.63) is 54.7 Å². The Labute approximate surface area is 654 Å². The summed E-state index contributed by atoms with van der Waals surface area (Å²) in [5, 5.41) is 0. The molecule has 4 atom stereocenters. The number of hydrogen-bond donors (Lipinski definition) is 0. The number of likely N-dealkylation sites (N-methyl/N-ethyl adjacent to an activating group) is 2. The zero-order valence-electron chi connectivity index (χ0n) is 65.2. The molecule has 0 radical (unpaired) electrons. The minimum atomic E-state index is -4.68. The lowest BCUT2D eigenvalue weighted by Crippen LogP contribution is -2.37. The zero-order chi connectivity index (χ0) is 76.6. The van der Waals surface area contributed by atoms with E-state index in [1.165, 1.54) is 89.9 Å². The fourth-order valence-electron chi connectivity index (χ4n) is 11.3. The van der Waals surface area contributed by atoms with Gasteiger partial charge in [0.05, 0.1) is 75.9 Å². The van der Waals surface area contributed by atoms with Gasteiger partial charge in [0.25, 0.3) is 15.6 Å². The lowest BCUT2D eigenvalue weighted by Gasteiger charge is -2.28. The third-order valence-electron chi connectivity index (χ3n) is 17.7. The van der Waals surface area contributed by atoms with Gasteiger partial charge in [0.2, 0.25) is 0 Å². The Hall–Kier alpha value is -2.81. The van der Waals surface area contributed by atoms with Gasteiger partial charge in [0, 0.05) is 36.8 Å². The molecule has 0 bridgehead atoms. The Morgan fingerprint density at radius 2 is 0.635 bits per heavy atom. The maximum atomic E-state index is 13.6. The van der Waals surface area contributed by atoms with E-state index in [0.29, 0.717) is 72.1 Å². The van der Waals surface area contributed by atoms with E-state index in [1.807, 2.05) is 78.7 Å². The highest BCUT2D eigenvalue weighted by atomic mass is 127. The van der Waals surface area contributed by atoms with Gasteiger partial charge >= 0.3 is 23.9 Å². The molecule has 2 aromatic rings. The number of carbonyl (C=O) groups excluding carboxylic acids is 5. The summed E-state index contributed by atoms with van der Waals surface area (Å²) in [7, 11) is 2.12. The van der Waals surface area contributed by atoms with Gasteiger partial charge in [-0.15, -0.1) is 0 Å². The first-order valence-corrected chi connectivity index (χ1v) is 44.7. The van der Waals surface area contributed by atoms with Crippen LogP contribution < -0.4 is 19.3 Å². The molecule has 0 N–H and O–H groups in total. The minimum absolute atomic E-state index is 0.0642. The highest BCUT2D eigenvalue weighted by Gasteiger charge is 2.25. The Morgan fingerprint density at radius 1 is 0.365 bits per heavy atom. The molecule has 0 spiro atoms. The van der Waals surface area contributed by atoms with E-state index in [2.05, 4.69) is 59.0 Å². The molecule has 0 fully saturated rings. The Morgan fingerprint density at radius 3 is 0.913 bits per heavy atom. The van der Waals surface area contributed by atoms with Crippen LogP contribution in [-0.2, 0) is 65.4 Å². The summed E-state index contributed by atoms with van der Waals surface area (Å²) < 4.78 is 82.2. The lowest BCUT2D eigenvalue weighted by molar-refractivity contribution is -0.870. The monoisotopic (exact) mass is 1730 g/mol. The van der Waals surface area contributed by atoms with Crippen LogP contribution in [0.5, 0.6) is 11.5 Å². The number of ketones is 1. The van der Waals surface area contributed by atoms with Gasteiger partial charge in [0.15, 0.2) is 18.0 Å². The molecule has 21 nitrogen and oxygen atoms in total. The van der Waals surface area contributed by atoms with E-state index in [9.17, 15) is 42.9 Å². The van der Waals surface area contributed by atoms with Crippen molar-refractivity contribution in [3.8, 4) is 11.5 Å². The number of carbonyl (C=O) groups is 5. The molecule has 0 aromatic heterocycles. The average Bonchev–Trinajstić information content (AvgIpc) is 0.823. The molecule has 2 aromatic carbocycles. The molecule has 0 saturated carbocycles. The second-order valence-electron chi connectivity index (χ2n) is 29.8. The number of quaternary nitrogens is 2. The summed E-state index contributed by atoms with van der Waals surface area (Å²) >= 11 is 4.43. The third-order valence-corrected chi connectivity index (χ3v) is 21.4. The standard InChI is InChI=1S/C79H136I2N2O19P2/c1-9-11-13-15-17-19-21-23-31-37-43-49-77(86)101-69(65-99-103(89,90)97-59-55-82(3,4)5)63-95-75(84)47-41-35-29-25-27-33-39-45-57-93-73-53-51-67(61-71(73)80)79(88)68-52-54-74(72(81)62-68)94-58-46-40-34-28-26-30-36-42-48-76(85)96-64-70(66-100-104(91,92)98-60-56-83(6,7)8)102-78(87)50-44-38-32-24-22-20-18-16-14-12-10-2/h51-54,61-62,69-70H,9-50,55-60,63-66H2,1-8H3/t69-,70-/m1/s1. The summed E-state index contributed by atoms with van der Waals surface area (Å²) in [6, 6.07) is 11.1. The summed E-state index contributed by atoms with van der Waals surface area (Å²) in [6.45, 7) is 4.70. The third kappa shape index (κ3) is 55.6. The average molecular weight is 1730 g/mol. The number of phosphoric acid groups is 2. The molecule has 0 heterocycles. The van der Waals surface area contributed by atoms with Crippen LogP contribution >= 0.6 is 60.8 Å². The van der Waals surface area contributed by atoms with E-state index in [0.717, 1.165) is 147 Å². The lowest BCUT2D eigenvalue weighted by atomic mass is 10.0. The second-order valence-corrected chi connectivity index (χ2v) is 35.0. The first kappa shape index (κ1) is 97.3. The van der Waals surface area contributed by atoms with Gasteiger partial charge in [-0.2, -0.15) is 0 Å². The van der Waals surface area contributed by atoms with Crippen molar-refractivity contribution in [3.63, 3.8) is 0 Å². The number of hydrogen-bond acceptors (Lipinski definition) is 19. The predicted octanol–water partition coefficient (Wildman–Crippen LogP) is 18.6. The molecule has 0 aliphatic rings. The SMILES string of the molecule is CCCCCCCCCCCCCC(=O)O[C@H](COC(=O)CCCCCCCCCCOc1ccc(C(=O)c2ccc(OCCCCCCCCCCC(=O)OC[C@H](COP(=O)([O-])OCC[N+](C)(C)C)OC(=O)CCCCCCCCCCCCC)c(I)c2)cc1I)COP(=O)([O-])OCC[N+](C)(C)C. The van der Waals surface area contributed by atoms with Crippen LogP contribution in [0.15, 0.2) is 36.4 Å². The summed E-state index contributed by atoms with van der Waals surface area (Å²) in [4.78, 5) is 89.6. The molecule has 25 heteroatoms. The van der Waals surface area contributed by atoms with Crippen LogP contribution in [0.1, 0.15) is 299 Å². The Kier molecular flexibility index (Phi) is 56.1. The number of unbranched alkanes of at least 4 members (excludes halogenated alkanes) is 34. The van der Waals surface area contributed by atoms with Crippen molar-refractivity contribution in [2.75, 3.05) is 108 Å². The molecule has 104 heavy (non-hydrogen) atoms. The van der Waals surface area contributed by atoms with E-state index in [-0.39, 0.29) is 57.9 Å². The van der Waals surface area contributed by atoms with Crippen LogP contribution in [0, 0.1) is 7.14 Å². The van der Waals surface area contributed by atoms with Gasteiger partial charge in [-0.05, 0) is 120 Å². The molecule has 0 aliphatic carbocycles. The smallest absolute Gasteiger partial charge is 0.306 e. The maximum Gasteiger partial charge on any atom is 0.306 e. The van der Waals surface area contributed by atoms with Gasteiger partial charge in [-0.3, -0.25) is 33.1 Å². The number of rotatable bonds is 70. The van der Waals surface area contributed by atoms with Crippen molar-refractivity contribution in [1.82, 2.24) is 0 Å². The molecule has 0 amide bonds. The van der Waals surface area contributed by atoms with Crippen molar-refractivity contribution >= 4 is 90.5 Å². The van der Waals surface area contributed by atoms with E-state index in [1.54, 1.807) is 0 Å². The van der Waals surface area contributed by atoms with Crippen molar-refractivity contribution < 1.29 is 98.4 Å². The first-order chi connectivity index (χ1) is 49.7. The van der Waals surface area contributed by atoms with Gasteiger partial charge in [-0.25, -0.2) is 0 Å².